The smallest absolute Gasteiger partial charge is 0.122 e. The fourth-order valence-corrected chi connectivity index (χ4v) is 2.73. The topological polar surface area (TPSA) is 18.5 Å². The summed E-state index contributed by atoms with van der Waals surface area (Å²) in [6.45, 7) is 0. The molecule has 2 heteroatoms. The van der Waals surface area contributed by atoms with E-state index >= 15 is 0 Å². The van der Waals surface area contributed by atoms with Gasteiger partial charge in [0, 0.05) is 0 Å². The zero-order chi connectivity index (χ0) is 13.2. The van der Waals surface area contributed by atoms with E-state index in [2.05, 4.69) is 24.3 Å². The predicted octanol–water partition coefficient (Wildman–Crippen LogP) is 3.97. The quantitative estimate of drug-likeness (QED) is 0.821. The van der Waals surface area contributed by atoms with E-state index in [9.17, 15) is 0 Å². The molecule has 0 aliphatic heterocycles. The Hall–Kier alpha value is -1.96. The van der Waals surface area contributed by atoms with Crippen molar-refractivity contribution in [1.29, 1.82) is 0 Å². The van der Waals surface area contributed by atoms with Crippen LogP contribution in [-0.4, -0.2) is 14.2 Å². The normalized spacial score (nSPS) is 20.9. The molecule has 0 bridgehead atoms. The van der Waals surface area contributed by atoms with Crippen molar-refractivity contribution in [3.63, 3.8) is 0 Å². The molecule has 0 saturated heterocycles. The molecular weight excluding hydrogens is 236 g/mol. The maximum absolute atomic E-state index is 5.45. The molecule has 2 atom stereocenters. The Balaban J connectivity index is 1.80. The summed E-state index contributed by atoms with van der Waals surface area (Å²) in [5.74, 6) is 3.12. The summed E-state index contributed by atoms with van der Waals surface area (Å²) in [7, 11) is 3.44. The van der Waals surface area contributed by atoms with Crippen LogP contribution in [0.4, 0.5) is 0 Å². The first-order valence-electron chi connectivity index (χ1n) is 6.60. The van der Waals surface area contributed by atoms with Crippen molar-refractivity contribution >= 4 is 0 Å². The molecule has 2 aromatic rings. The minimum absolute atomic E-state index is 0.588. The van der Waals surface area contributed by atoms with Crippen LogP contribution in [-0.2, 0) is 0 Å². The van der Waals surface area contributed by atoms with Crippen LogP contribution in [0.1, 0.15) is 29.4 Å². The number of para-hydroxylation sites is 1. The van der Waals surface area contributed by atoms with Crippen LogP contribution in [0.25, 0.3) is 0 Å². The minimum Gasteiger partial charge on any atom is -0.497 e. The number of hydrogen-bond donors (Lipinski definition) is 0. The van der Waals surface area contributed by atoms with E-state index in [1.165, 1.54) is 17.5 Å². The first-order chi connectivity index (χ1) is 9.33. The van der Waals surface area contributed by atoms with Crippen LogP contribution in [0.2, 0.25) is 0 Å². The Morgan fingerprint density at radius 1 is 0.842 bits per heavy atom. The van der Waals surface area contributed by atoms with Gasteiger partial charge in [-0.1, -0.05) is 30.3 Å². The Bertz CT molecular complexity index is 560. The fraction of sp³-hybridized carbons (Fsp3) is 0.294. The van der Waals surface area contributed by atoms with E-state index in [1.54, 1.807) is 14.2 Å². The largest absolute Gasteiger partial charge is 0.497 e. The fourth-order valence-electron chi connectivity index (χ4n) is 2.73. The molecule has 0 N–H and O–H groups in total. The lowest BCUT2D eigenvalue weighted by Gasteiger charge is -2.08. The lowest BCUT2D eigenvalue weighted by Crippen LogP contribution is -1.91. The molecule has 1 aliphatic carbocycles. The van der Waals surface area contributed by atoms with Gasteiger partial charge in [0.25, 0.3) is 0 Å². The number of ether oxygens (including phenoxy) is 2. The minimum atomic E-state index is 0.588. The zero-order valence-electron chi connectivity index (χ0n) is 11.3. The van der Waals surface area contributed by atoms with Crippen molar-refractivity contribution in [1.82, 2.24) is 0 Å². The van der Waals surface area contributed by atoms with Crippen molar-refractivity contribution < 1.29 is 9.47 Å². The molecule has 0 unspecified atom stereocenters. The van der Waals surface area contributed by atoms with Crippen molar-refractivity contribution in [2.45, 2.75) is 18.3 Å². The second-order valence-corrected chi connectivity index (χ2v) is 4.96. The van der Waals surface area contributed by atoms with Gasteiger partial charge < -0.3 is 9.47 Å². The monoisotopic (exact) mass is 254 g/mol. The molecule has 0 heterocycles. The molecule has 19 heavy (non-hydrogen) atoms. The number of methoxy groups -OCH3 is 2. The lowest BCUT2D eigenvalue weighted by molar-refractivity contribution is 0.409. The summed E-state index contributed by atoms with van der Waals surface area (Å²) in [6.07, 6.45) is 1.20. The molecule has 0 spiro atoms. The van der Waals surface area contributed by atoms with Crippen molar-refractivity contribution in [3.05, 3.63) is 59.7 Å². The van der Waals surface area contributed by atoms with E-state index in [4.69, 9.17) is 9.47 Å². The van der Waals surface area contributed by atoms with E-state index in [0.717, 1.165) is 11.5 Å². The molecule has 0 amide bonds. The maximum atomic E-state index is 5.45. The highest BCUT2D eigenvalue weighted by Crippen LogP contribution is 2.56. The second kappa shape index (κ2) is 4.96. The zero-order valence-corrected chi connectivity index (χ0v) is 11.3. The predicted molar refractivity (Wildman–Crippen MR) is 76.1 cm³/mol. The molecule has 2 nitrogen and oxygen atoms in total. The summed E-state index contributed by atoms with van der Waals surface area (Å²) in [5, 5.41) is 0. The Kier molecular flexibility index (Phi) is 3.16. The third kappa shape index (κ3) is 2.30. The molecular formula is C17H18O2. The molecule has 1 aliphatic rings. The summed E-state index contributed by atoms with van der Waals surface area (Å²) in [6, 6.07) is 16.7. The van der Waals surface area contributed by atoms with Crippen molar-refractivity contribution in [2.75, 3.05) is 14.2 Å². The van der Waals surface area contributed by atoms with Crippen LogP contribution in [0.5, 0.6) is 11.5 Å². The van der Waals surface area contributed by atoms with Crippen LogP contribution in [0.3, 0.4) is 0 Å². The van der Waals surface area contributed by atoms with Gasteiger partial charge in [-0.25, -0.2) is 0 Å². The molecule has 1 fully saturated rings. The number of rotatable bonds is 4. The first-order valence-corrected chi connectivity index (χ1v) is 6.60. The van der Waals surface area contributed by atoms with Gasteiger partial charge in [-0.3, -0.25) is 0 Å². The third-order valence-corrected chi connectivity index (χ3v) is 3.87. The summed E-state index contributed by atoms with van der Waals surface area (Å²) in [4.78, 5) is 0. The lowest BCUT2D eigenvalue weighted by atomic mass is 10.0. The van der Waals surface area contributed by atoms with E-state index < -0.39 is 0 Å². The Morgan fingerprint density at radius 2 is 1.58 bits per heavy atom. The van der Waals surface area contributed by atoms with Gasteiger partial charge in [0.2, 0.25) is 0 Å². The van der Waals surface area contributed by atoms with E-state index in [0.29, 0.717) is 11.8 Å². The van der Waals surface area contributed by atoms with Gasteiger partial charge in [0.05, 0.1) is 14.2 Å². The SMILES string of the molecule is COc1ccc([C@@H]2C[C@H]2c2ccccc2OC)cc1. The molecule has 98 valence electrons. The second-order valence-electron chi connectivity index (χ2n) is 4.96. The van der Waals surface area contributed by atoms with Crippen LogP contribution in [0.15, 0.2) is 48.5 Å². The van der Waals surface area contributed by atoms with E-state index in [-0.39, 0.29) is 0 Å². The maximum Gasteiger partial charge on any atom is 0.122 e. The summed E-state index contributed by atoms with van der Waals surface area (Å²) < 4.78 is 10.6. The van der Waals surface area contributed by atoms with Gasteiger partial charge in [0.1, 0.15) is 11.5 Å². The molecule has 1 saturated carbocycles. The summed E-state index contributed by atoms with van der Waals surface area (Å²) >= 11 is 0. The van der Waals surface area contributed by atoms with Gasteiger partial charge in [-0.05, 0) is 47.6 Å². The average molecular weight is 254 g/mol. The van der Waals surface area contributed by atoms with Crippen molar-refractivity contribution in [2.24, 2.45) is 0 Å². The van der Waals surface area contributed by atoms with Crippen LogP contribution < -0.4 is 9.47 Å². The van der Waals surface area contributed by atoms with Gasteiger partial charge in [-0.2, -0.15) is 0 Å². The van der Waals surface area contributed by atoms with E-state index in [1.807, 2.05) is 24.3 Å². The summed E-state index contributed by atoms with van der Waals surface area (Å²) in [5.41, 5.74) is 2.71. The highest BCUT2D eigenvalue weighted by atomic mass is 16.5. The highest BCUT2D eigenvalue weighted by Gasteiger charge is 2.40. The standard InChI is InChI=1S/C17H18O2/c1-18-13-9-7-12(8-10-13)15-11-16(15)14-5-3-4-6-17(14)19-2/h3-10,15-16H,11H2,1-2H3/t15-,16-/m0/s1. The average Bonchev–Trinajstić information content (AvgIpc) is 3.27. The Labute approximate surface area is 114 Å². The molecule has 0 aromatic heterocycles. The van der Waals surface area contributed by atoms with Crippen LogP contribution in [0, 0.1) is 0 Å². The molecule has 0 radical (unpaired) electrons. The van der Waals surface area contributed by atoms with Gasteiger partial charge in [0.15, 0.2) is 0 Å². The number of benzene rings is 2. The van der Waals surface area contributed by atoms with Crippen LogP contribution >= 0.6 is 0 Å². The van der Waals surface area contributed by atoms with Gasteiger partial charge >= 0.3 is 0 Å². The number of hydrogen-bond acceptors (Lipinski definition) is 2. The first kappa shape index (κ1) is 12.1. The Morgan fingerprint density at radius 3 is 2.26 bits per heavy atom. The molecule has 2 aromatic carbocycles. The highest BCUT2D eigenvalue weighted by molar-refractivity contribution is 5.44. The molecule has 3 rings (SSSR count). The van der Waals surface area contributed by atoms with Crippen molar-refractivity contribution in [3.8, 4) is 11.5 Å². The van der Waals surface area contributed by atoms with Gasteiger partial charge in [-0.15, -0.1) is 0 Å². The third-order valence-electron chi connectivity index (χ3n) is 3.87.